The number of benzene rings is 2. The Hall–Kier alpha value is -1.72. The summed E-state index contributed by atoms with van der Waals surface area (Å²) in [7, 11) is 0. The first-order valence-corrected chi connectivity index (χ1v) is 9.19. The van der Waals surface area contributed by atoms with E-state index in [0.717, 1.165) is 30.9 Å². The van der Waals surface area contributed by atoms with Gasteiger partial charge in [0.25, 0.3) is 0 Å². The molecule has 4 rings (SSSR count). The van der Waals surface area contributed by atoms with Gasteiger partial charge in [0, 0.05) is 34.8 Å². The lowest BCUT2D eigenvalue weighted by Crippen LogP contribution is -2.38. The van der Waals surface area contributed by atoms with Crippen molar-refractivity contribution in [3.05, 3.63) is 47.8 Å². The van der Waals surface area contributed by atoms with E-state index in [4.69, 9.17) is 0 Å². The molecule has 0 bridgehead atoms. The molecule has 0 amide bonds. The summed E-state index contributed by atoms with van der Waals surface area (Å²) in [5.41, 5.74) is 4.65. The lowest BCUT2D eigenvalue weighted by Gasteiger charge is -2.26. The zero-order valence-electron chi connectivity index (χ0n) is 13.0. The molecule has 120 valence electrons. The Morgan fingerprint density at radius 1 is 1.17 bits per heavy atom. The van der Waals surface area contributed by atoms with Crippen molar-refractivity contribution in [2.75, 3.05) is 30.0 Å². The first kappa shape index (κ1) is 14.8. The molecule has 2 aliphatic rings. The Labute approximate surface area is 140 Å². The number of rotatable bonds is 3. The Kier molecular flexibility index (Phi) is 3.91. The molecule has 1 saturated heterocycles. The molecule has 0 aromatic heterocycles. The third-order valence-electron chi connectivity index (χ3n) is 4.70. The fourth-order valence-electron chi connectivity index (χ4n) is 3.56. The highest BCUT2D eigenvalue weighted by molar-refractivity contribution is 7.98. The highest BCUT2D eigenvalue weighted by Gasteiger charge is 2.35. The first-order chi connectivity index (χ1) is 11.2. The maximum Gasteiger partial charge on any atom is 0.123 e. The molecule has 2 aromatic rings. The van der Waals surface area contributed by atoms with E-state index in [-0.39, 0.29) is 5.82 Å². The molecule has 0 radical (unpaired) electrons. The van der Waals surface area contributed by atoms with Gasteiger partial charge in [-0.05, 0) is 61.2 Å². The summed E-state index contributed by atoms with van der Waals surface area (Å²) in [6.07, 6.45) is 3.27. The molecule has 23 heavy (non-hydrogen) atoms. The number of hydrogen-bond acceptors (Lipinski definition) is 4. The molecular weight excluding hydrogens is 309 g/mol. The van der Waals surface area contributed by atoms with Crippen molar-refractivity contribution in [1.29, 1.82) is 0 Å². The second-order valence-electron chi connectivity index (χ2n) is 6.12. The fraction of sp³-hybridized carbons (Fsp3) is 0.333. The molecule has 0 aliphatic carbocycles. The molecule has 0 saturated carbocycles. The molecule has 2 aliphatic heterocycles. The number of hydrogen-bond donors (Lipinski definition) is 3. The van der Waals surface area contributed by atoms with Gasteiger partial charge in [0.15, 0.2) is 0 Å². The van der Waals surface area contributed by atoms with Crippen molar-refractivity contribution in [3.63, 3.8) is 0 Å². The Morgan fingerprint density at radius 2 is 2.00 bits per heavy atom. The van der Waals surface area contributed by atoms with E-state index in [2.05, 4.69) is 34.3 Å². The normalized spacial score (nSPS) is 22.2. The van der Waals surface area contributed by atoms with Gasteiger partial charge in [-0.15, -0.1) is 11.8 Å². The van der Waals surface area contributed by atoms with Crippen LogP contribution in [0.2, 0.25) is 0 Å². The van der Waals surface area contributed by atoms with Crippen molar-refractivity contribution in [3.8, 4) is 0 Å². The quantitative estimate of drug-likeness (QED) is 0.739. The number of thioether (sulfide) groups is 1. The topological polar surface area (TPSA) is 36.1 Å². The summed E-state index contributed by atoms with van der Waals surface area (Å²) in [6.45, 7) is 2.11. The minimum Gasteiger partial charge on any atom is -0.380 e. The molecule has 1 fully saturated rings. The van der Waals surface area contributed by atoms with Crippen molar-refractivity contribution in [2.45, 2.75) is 23.3 Å². The van der Waals surface area contributed by atoms with Crippen LogP contribution in [0.5, 0.6) is 0 Å². The zero-order valence-corrected chi connectivity index (χ0v) is 13.8. The fourth-order valence-corrected chi connectivity index (χ4v) is 4.19. The minimum atomic E-state index is -0.213. The average molecular weight is 329 g/mol. The van der Waals surface area contributed by atoms with Gasteiger partial charge in [-0.2, -0.15) is 0 Å². The van der Waals surface area contributed by atoms with E-state index in [1.165, 1.54) is 28.3 Å². The second kappa shape index (κ2) is 6.06. The van der Waals surface area contributed by atoms with Crippen LogP contribution in [0, 0.1) is 5.82 Å². The van der Waals surface area contributed by atoms with Gasteiger partial charge in [0.1, 0.15) is 5.82 Å². The average Bonchev–Trinajstić information content (AvgIpc) is 2.95. The molecule has 3 nitrogen and oxygen atoms in total. The molecule has 3 N–H and O–H groups in total. The van der Waals surface area contributed by atoms with Crippen molar-refractivity contribution in [1.82, 2.24) is 5.32 Å². The summed E-state index contributed by atoms with van der Waals surface area (Å²) in [4.78, 5) is 1.27. The highest BCUT2D eigenvalue weighted by atomic mass is 32.2. The van der Waals surface area contributed by atoms with Gasteiger partial charge in [-0.25, -0.2) is 4.39 Å². The van der Waals surface area contributed by atoms with Gasteiger partial charge in [-0.3, -0.25) is 0 Å². The van der Waals surface area contributed by atoms with Crippen LogP contribution in [0.4, 0.5) is 21.5 Å². The van der Waals surface area contributed by atoms with E-state index in [0.29, 0.717) is 12.0 Å². The van der Waals surface area contributed by atoms with Crippen LogP contribution in [0.25, 0.3) is 0 Å². The van der Waals surface area contributed by atoms with Crippen LogP contribution in [-0.4, -0.2) is 25.4 Å². The standard InChI is InChI=1S/C18H20FN3S/c1-23-17-9-13(21-12-4-2-11(19)3-5-12)8-14-15-10-20-7-6-16(15)22-18(14)17/h2-5,8-9,15-16,20-22H,6-7,10H2,1H3. The minimum absolute atomic E-state index is 0.213. The third kappa shape index (κ3) is 2.79. The van der Waals surface area contributed by atoms with Gasteiger partial charge in [0.05, 0.1) is 5.69 Å². The van der Waals surface area contributed by atoms with E-state index in [1.54, 1.807) is 23.9 Å². The summed E-state index contributed by atoms with van der Waals surface area (Å²) < 4.78 is 13.1. The number of nitrogens with one attached hydrogen (secondary N) is 3. The molecule has 2 atom stereocenters. The van der Waals surface area contributed by atoms with Gasteiger partial charge < -0.3 is 16.0 Å². The predicted octanol–water partition coefficient (Wildman–Crippen LogP) is 4.16. The Bertz CT molecular complexity index is 717. The first-order valence-electron chi connectivity index (χ1n) is 7.96. The van der Waals surface area contributed by atoms with E-state index in [9.17, 15) is 4.39 Å². The molecule has 2 unspecified atom stereocenters. The van der Waals surface area contributed by atoms with Crippen LogP contribution >= 0.6 is 11.8 Å². The Morgan fingerprint density at radius 3 is 2.78 bits per heavy atom. The lowest BCUT2D eigenvalue weighted by molar-refractivity contribution is 0.440. The molecule has 2 heterocycles. The third-order valence-corrected chi connectivity index (χ3v) is 5.46. The van der Waals surface area contributed by atoms with Crippen LogP contribution in [-0.2, 0) is 0 Å². The van der Waals surface area contributed by atoms with Crippen molar-refractivity contribution < 1.29 is 4.39 Å². The monoisotopic (exact) mass is 329 g/mol. The van der Waals surface area contributed by atoms with Gasteiger partial charge in [0.2, 0.25) is 0 Å². The van der Waals surface area contributed by atoms with Crippen molar-refractivity contribution >= 4 is 28.8 Å². The predicted molar refractivity (Wildman–Crippen MR) is 95.5 cm³/mol. The summed E-state index contributed by atoms with van der Waals surface area (Å²) in [5, 5.41) is 10.6. The van der Waals surface area contributed by atoms with E-state index >= 15 is 0 Å². The highest BCUT2D eigenvalue weighted by Crippen LogP contribution is 2.45. The van der Waals surface area contributed by atoms with Crippen LogP contribution in [0.15, 0.2) is 41.3 Å². The van der Waals surface area contributed by atoms with E-state index in [1.807, 2.05) is 0 Å². The summed E-state index contributed by atoms with van der Waals surface area (Å²) in [6, 6.07) is 11.4. The zero-order chi connectivity index (χ0) is 15.8. The second-order valence-corrected chi connectivity index (χ2v) is 6.97. The molecular formula is C18H20FN3S. The molecule has 0 spiro atoms. The number of halogens is 1. The maximum absolute atomic E-state index is 13.1. The SMILES string of the molecule is CSc1cc(Nc2ccc(F)cc2)cc2c1NC1CCNCC21. The number of fused-ring (bicyclic) bond motifs is 3. The summed E-state index contributed by atoms with van der Waals surface area (Å²) in [5.74, 6) is 0.314. The van der Waals surface area contributed by atoms with Gasteiger partial charge >= 0.3 is 0 Å². The largest absolute Gasteiger partial charge is 0.380 e. The number of anilines is 3. The Balaban J connectivity index is 1.68. The molecule has 5 heteroatoms. The van der Waals surface area contributed by atoms with Crippen molar-refractivity contribution in [2.24, 2.45) is 0 Å². The lowest BCUT2D eigenvalue weighted by atomic mass is 9.90. The van der Waals surface area contributed by atoms with E-state index < -0.39 is 0 Å². The smallest absolute Gasteiger partial charge is 0.123 e. The van der Waals surface area contributed by atoms with Gasteiger partial charge in [-0.1, -0.05) is 0 Å². The van der Waals surface area contributed by atoms with Crippen LogP contribution in [0.1, 0.15) is 17.9 Å². The molecule has 2 aromatic carbocycles. The number of piperidine rings is 1. The summed E-state index contributed by atoms with van der Waals surface area (Å²) >= 11 is 1.76. The maximum atomic E-state index is 13.1. The van der Waals surface area contributed by atoms with Crippen LogP contribution < -0.4 is 16.0 Å². The van der Waals surface area contributed by atoms with Crippen LogP contribution in [0.3, 0.4) is 0 Å².